The van der Waals surface area contributed by atoms with Crippen LogP contribution in [-0.4, -0.2) is 51.0 Å². The van der Waals surface area contributed by atoms with Crippen molar-refractivity contribution in [3.63, 3.8) is 0 Å². The third-order valence-corrected chi connectivity index (χ3v) is 4.13. The Morgan fingerprint density at radius 2 is 1.81 bits per heavy atom. The van der Waals surface area contributed by atoms with Crippen LogP contribution >= 0.6 is 0 Å². The molecule has 150 valence electrons. The molecule has 0 radical (unpaired) electrons. The maximum Gasteiger partial charge on any atom is 0.318 e. The molecule has 2 fully saturated rings. The van der Waals surface area contributed by atoms with Gasteiger partial charge in [0.05, 0.1) is 25.4 Å². The van der Waals surface area contributed by atoms with Crippen LogP contribution in [0, 0.1) is 29.2 Å². The van der Waals surface area contributed by atoms with E-state index in [4.69, 9.17) is 27.6 Å². The number of nitrogens with one attached hydrogen (secondary N) is 1. The Balaban J connectivity index is 0.000000432. The Morgan fingerprint density at radius 1 is 1.15 bits per heavy atom. The molecule has 27 heavy (non-hydrogen) atoms. The first-order valence-corrected chi connectivity index (χ1v) is 9.38. The van der Waals surface area contributed by atoms with E-state index < -0.39 is 0 Å². The zero-order valence-corrected chi connectivity index (χ0v) is 16.0. The van der Waals surface area contributed by atoms with Gasteiger partial charge in [0.2, 0.25) is 0 Å². The molecule has 0 spiro atoms. The molecule has 0 heterocycles. The number of carbonyl (C=O) groups excluding carboxylic acids is 1. The highest BCUT2D eigenvalue weighted by atomic mass is 16.5. The van der Waals surface area contributed by atoms with Crippen molar-refractivity contribution in [1.82, 2.24) is 5.32 Å². The topological polar surface area (TPSA) is 126 Å². The molecule has 0 atom stereocenters. The first kappa shape index (κ1) is 25.0. The number of hydrogen-bond donors (Lipinski definition) is 2. The van der Waals surface area contributed by atoms with E-state index in [1.54, 1.807) is 0 Å². The van der Waals surface area contributed by atoms with Gasteiger partial charge in [0.1, 0.15) is 17.9 Å². The highest BCUT2D eigenvalue weighted by Crippen LogP contribution is 2.28. The first-order valence-electron chi connectivity index (χ1n) is 9.38. The summed E-state index contributed by atoms with van der Waals surface area (Å²) in [7, 11) is 0. The van der Waals surface area contributed by atoms with Crippen molar-refractivity contribution in [2.75, 3.05) is 39.6 Å². The monoisotopic (exact) mass is 377 g/mol. The second kappa shape index (κ2) is 17.4. The summed E-state index contributed by atoms with van der Waals surface area (Å²) in [6.07, 6.45) is 8.08. The van der Waals surface area contributed by atoms with Crippen LogP contribution < -0.4 is 11.1 Å². The average molecular weight is 377 g/mol. The van der Waals surface area contributed by atoms with Crippen molar-refractivity contribution < 1.29 is 14.3 Å². The number of carbonyl (C=O) groups is 1. The second-order valence-corrected chi connectivity index (χ2v) is 6.27. The summed E-state index contributed by atoms with van der Waals surface area (Å²) in [5, 5.41) is 20.4. The molecular weight excluding hydrogens is 346 g/mol. The fourth-order valence-corrected chi connectivity index (χ4v) is 2.75. The molecule has 0 unspecified atom stereocenters. The second-order valence-electron chi connectivity index (χ2n) is 6.27. The fraction of sp³-hybridized carbons (Fsp3) is 0.789. The van der Waals surface area contributed by atoms with Gasteiger partial charge in [0.25, 0.3) is 0 Å². The quantitative estimate of drug-likeness (QED) is 0.489. The molecule has 8 heteroatoms. The van der Waals surface area contributed by atoms with Crippen LogP contribution in [0.15, 0.2) is 0 Å². The van der Waals surface area contributed by atoms with E-state index in [0.29, 0.717) is 32.1 Å². The van der Waals surface area contributed by atoms with Gasteiger partial charge in [-0.3, -0.25) is 15.0 Å². The first-order chi connectivity index (χ1) is 13.1. The van der Waals surface area contributed by atoms with Gasteiger partial charge in [-0.05, 0) is 25.7 Å². The van der Waals surface area contributed by atoms with Crippen molar-refractivity contribution >= 4 is 5.78 Å². The van der Waals surface area contributed by atoms with E-state index in [1.807, 2.05) is 6.07 Å². The Kier molecular flexibility index (Phi) is 16.1. The van der Waals surface area contributed by atoms with Gasteiger partial charge in [-0.2, -0.15) is 10.5 Å². The predicted molar refractivity (Wildman–Crippen MR) is 101 cm³/mol. The van der Waals surface area contributed by atoms with E-state index in [9.17, 15) is 4.79 Å². The molecule has 2 saturated carbocycles. The van der Waals surface area contributed by atoms with E-state index in [-0.39, 0.29) is 18.9 Å². The van der Waals surface area contributed by atoms with Gasteiger partial charge in [-0.15, -0.1) is 0 Å². The van der Waals surface area contributed by atoms with E-state index in [1.165, 1.54) is 0 Å². The van der Waals surface area contributed by atoms with Gasteiger partial charge < -0.3 is 15.2 Å². The van der Waals surface area contributed by atoms with Crippen LogP contribution in [-0.2, 0) is 14.3 Å². The smallest absolute Gasteiger partial charge is 0.318 e. The zero-order valence-electron chi connectivity index (χ0n) is 16.0. The largest absolute Gasteiger partial charge is 0.365 e. The molecule has 0 bridgehead atoms. The van der Waals surface area contributed by atoms with E-state index >= 15 is 0 Å². The van der Waals surface area contributed by atoms with Crippen molar-refractivity contribution in [1.29, 1.82) is 10.5 Å². The number of hydrogen-bond acceptors (Lipinski definition) is 7. The fourth-order valence-electron chi connectivity index (χ4n) is 2.75. The van der Waals surface area contributed by atoms with Crippen molar-refractivity contribution in [3.05, 3.63) is 11.4 Å². The maximum atomic E-state index is 10.2. The third-order valence-electron chi connectivity index (χ3n) is 4.13. The number of Topliss-reactive ketones (excluding diaryl/α,β-unsaturated/α-hetero) is 1. The van der Waals surface area contributed by atoms with Gasteiger partial charge in [0.15, 0.2) is 0 Å². The number of nitrogens with two attached hydrogens (primary N) is 1. The lowest BCUT2D eigenvalue weighted by atomic mass is 10.0. The van der Waals surface area contributed by atoms with Gasteiger partial charge >= 0.3 is 6.73 Å². The Hall–Kier alpha value is -2.02. The molecule has 8 nitrogen and oxygen atoms in total. The molecule has 3 N–H and O–H groups in total. The molecular formula is C19H31N5O3. The minimum absolute atomic E-state index is 0.126. The SMILES string of the molecule is N#CCOCCNC1(C#N)CCCC1.O=C1CCCC1.[C-]#[N+]COCCN. The number of rotatable bonds is 8. The van der Waals surface area contributed by atoms with Crippen LogP contribution in [0.3, 0.4) is 0 Å². The number of ether oxygens (including phenoxy) is 2. The Bertz CT molecular complexity index is 505. The van der Waals surface area contributed by atoms with Gasteiger partial charge in [0, 0.05) is 25.9 Å². The molecule has 0 saturated heterocycles. The van der Waals surface area contributed by atoms with Crippen LogP contribution in [0.5, 0.6) is 0 Å². The number of nitrogens with zero attached hydrogens (tertiary/aromatic N) is 3. The standard InChI is InChI=1S/C10H15N3O.C5H8O.C4H8N2O/c11-5-7-14-8-6-13-10(9-12)3-1-2-4-10;6-5-3-1-2-4-5;1-6-4-7-3-2-5/h13H,1-4,6-8H2;1-4H2;2-5H2. The van der Waals surface area contributed by atoms with Crippen molar-refractivity contribution in [2.24, 2.45) is 5.73 Å². The third kappa shape index (κ3) is 13.8. The average Bonchev–Trinajstić information content (AvgIpc) is 3.35. The summed E-state index contributed by atoms with van der Waals surface area (Å²) < 4.78 is 9.65. The number of nitriles is 2. The Labute approximate surface area is 162 Å². The molecule has 0 aromatic carbocycles. The zero-order chi connectivity index (χ0) is 20.2. The van der Waals surface area contributed by atoms with Gasteiger partial charge in [-0.25, -0.2) is 6.57 Å². The lowest BCUT2D eigenvalue weighted by molar-refractivity contribution is -0.117. The summed E-state index contributed by atoms with van der Waals surface area (Å²) >= 11 is 0. The summed E-state index contributed by atoms with van der Waals surface area (Å²) in [5.74, 6) is 0.454. The molecule has 2 rings (SSSR count). The minimum atomic E-state index is -0.323. The van der Waals surface area contributed by atoms with Crippen LogP contribution in [0.4, 0.5) is 0 Å². The predicted octanol–water partition coefficient (Wildman–Crippen LogP) is 1.92. The summed E-state index contributed by atoms with van der Waals surface area (Å²) in [5.41, 5.74) is 4.72. The van der Waals surface area contributed by atoms with Crippen LogP contribution in [0.2, 0.25) is 0 Å². The molecule has 0 aromatic rings. The summed E-state index contributed by atoms with van der Waals surface area (Å²) in [6.45, 7) is 8.63. The summed E-state index contributed by atoms with van der Waals surface area (Å²) in [6, 6.07) is 4.24. The lowest BCUT2D eigenvalue weighted by Crippen LogP contribution is -2.42. The molecule has 0 aromatic heterocycles. The minimum Gasteiger partial charge on any atom is -0.365 e. The number of ketones is 1. The van der Waals surface area contributed by atoms with Crippen molar-refractivity contribution in [2.45, 2.75) is 56.9 Å². The van der Waals surface area contributed by atoms with Crippen molar-refractivity contribution in [3.8, 4) is 12.1 Å². The highest BCUT2D eigenvalue weighted by Gasteiger charge is 2.32. The van der Waals surface area contributed by atoms with Crippen LogP contribution in [0.1, 0.15) is 51.4 Å². The Morgan fingerprint density at radius 3 is 2.26 bits per heavy atom. The van der Waals surface area contributed by atoms with Gasteiger partial charge in [-0.1, -0.05) is 12.8 Å². The van der Waals surface area contributed by atoms with E-state index in [0.717, 1.165) is 51.4 Å². The molecule has 0 amide bonds. The van der Waals surface area contributed by atoms with E-state index in [2.05, 4.69) is 21.0 Å². The maximum absolute atomic E-state index is 10.2. The lowest BCUT2D eigenvalue weighted by Gasteiger charge is -2.21. The van der Waals surface area contributed by atoms with Crippen LogP contribution in [0.25, 0.3) is 4.85 Å². The summed E-state index contributed by atoms with van der Waals surface area (Å²) in [4.78, 5) is 13.2. The molecule has 2 aliphatic rings. The highest BCUT2D eigenvalue weighted by molar-refractivity contribution is 5.80. The normalized spacial score (nSPS) is 16.7. The molecule has 0 aliphatic heterocycles. The molecule has 2 aliphatic carbocycles.